The molecule has 0 bridgehead atoms. The van der Waals surface area contributed by atoms with Gasteiger partial charge >= 0.3 is 5.97 Å². The monoisotopic (exact) mass is 284 g/mol. The van der Waals surface area contributed by atoms with E-state index in [1.807, 2.05) is 0 Å². The van der Waals surface area contributed by atoms with Crippen LogP contribution in [0.2, 0.25) is 0 Å². The molecule has 2 rings (SSSR count). The van der Waals surface area contributed by atoms with E-state index in [4.69, 9.17) is 5.11 Å². The molecule has 2 N–H and O–H groups in total. The lowest BCUT2D eigenvalue weighted by Crippen LogP contribution is -2.30. The fourth-order valence-corrected chi connectivity index (χ4v) is 3.74. The lowest BCUT2D eigenvalue weighted by atomic mass is 10.0. The van der Waals surface area contributed by atoms with E-state index in [0.29, 0.717) is 12.8 Å². The Morgan fingerprint density at radius 2 is 1.95 bits per heavy atom. The van der Waals surface area contributed by atoms with Crippen LogP contribution in [-0.2, 0) is 10.0 Å². The quantitative estimate of drug-likeness (QED) is 0.879. The summed E-state index contributed by atoms with van der Waals surface area (Å²) >= 11 is 0. The Morgan fingerprint density at radius 1 is 1.26 bits per heavy atom. The Balaban J connectivity index is 2.15. The molecule has 1 aliphatic carbocycles. The molecule has 0 unspecified atom stereocenters. The summed E-state index contributed by atoms with van der Waals surface area (Å²) in [7, 11) is -3.48. The zero-order valence-corrected chi connectivity index (χ0v) is 11.2. The first-order valence-corrected chi connectivity index (χ1v) is 7.75. The van der Waals surface area contributed by atoms with Crippen molar-refractivity contribution in [1.82, 2.24) is 4.98 Å². The molecule has 1 heterocycles. The number of nitrogens with one attached hydrogen (secondary N) is 1. The van der Waals surface area contributed by atoms with E-state index in [2.05, 4.69) is 9.71 Å². The molecule has 0 spiro atoms. The van der Waals surface area contributed by atoms with Gasteiger partial charge in [-0.15, -0.1) is 0 Å². The zero-order chi connectivity index (χ0) is 13.9. The van der Waals surface area contributed by atoms with Crippen molar-refractivity contribution in [3.05, 3.63) is 23.9 Å². The molecule has 7 heteroatoms. The normalized spacial score (nSPS) is 17.1. The average molecular weight is 284 g/mol. The lowest BCUT2D eigenvalue weighted by molar-refractivity contribution is 0.0690. The number of nitrogens with zero attached hydrogens (tertiary/aromatic N) is 1. The molecule has 19 heavy (non-hydrogen) atoms. The van der Waals surface area contributed by atoms with Gasteiger partial charge in [-0.25, -0.2) is 18.2 Å². The van der Waals surface area contributed by atoms with Crippen LogP contribution in [0.3, 0.4) is 0 Å². The highest BCUT2D eigenvalue weighted by atomic mass is 32.2. The predicted octanol–water partition coefficient (Wildman–Crippen LogP) is 1.85. The molecule has 0 aromatic carbocycles. The van der Waals surface area contributed by atoms with Crippen LogP contribution < -0.4 is 4.72 Å². The second-order valence-corrected chi connectivity index (χ2v) is 6.58. The van der Waals surface area contributed by atoms with Crippen LogP contribution >= 0.6 is 0 Å². The largest absolute Gasteiger partial charge is 0.477 e. The Kier molecular flexibility index (Phi) is 4.04. The molecule has 1 saturated carbocycles. The van der Waals surface area contributed by atoms with E-state index in [1.54, 1.807) is 0 Å². The van der Waals surface area contributed by atoms with Gasteiger partial charge in [0, 0.05) is 0 Å². The zero-order valence-electron chi connectivity index (χ0n) is 10.4. The molecule has 1 aliphatic rings. The average Bonchev–Trinajstić information content (AvgIpc) is 2.39. The highest BCUT2D eigenvalue weighted by Crippen LogP contribution is 2.24. The second kappa shape index (κ2) is 5.56. The van der Waals surface area contributed by atoms with Crippen molar-refractivity contribution < 1.29 is 18.3 Å². The van der Waals surface area contributed by atoms with E-state index >= 15 is 0 Å². The number of carboxylic acid groups (broad SMARTS) is 1. The minimum Gasteiger partial charge on any atom is -0.477 e. The molecule has 0 radical (unpaired) electrons. The molecule has 104 valence electrons. The molecule has 0 amide bonds. The Labute approximate surface area is 111 Å². The number of hydrogen-bond acceptors (Lipinski definition) is 4. The molecule has 1 aromatic rings. The first kappa shape index (κ1) is 13.8. The summed E-state index contributed by atoms with van der Waals surface area (Å²) in [6, 6.07) is 4.24. The van der Waals surface area contributed by atoms with Crippen molar-refractivity contribution in [3.63, 3.8) is 0 Å². The summed E-state index contributed by atoms with van der Waals surface area (Å²) in [5, 5.41) is 8.41. The highest BCUT2D eigenvalue weighted by Gasteiger charge is 2.27. The number of rotatable bonds is 4. The maximum Gasteiger partial charge on any atom is 0.354 e. The predicted molar refractivity (Wildman–Crippen MR) is 70.6 cm³/mol. The van der Waals surface area contributed by atoms with Crippen molar-refractivity contribution in [1.29, 1.82) is 0 Å². The smallest absolute Gasteiger partial charge is 0.354 e. The van der Waals surface area contributed by atoms with E-state index in [9.17, 15) is 13.2 Å². The van der Waals surface area contributed by atoms with Crippen molar-refractivity contribution >= 4 is 21.8 Å². The number of anilines is 1. The topological polar surface area (TPSA) is 96.4 Å². The Hall–Kier alpha value is -1.63. The third-order valence-electron chi connectivity index (χ3n) is 3.21. The minimum atomic E-state index is -3.48. The fraction of sp³-hybridized carbons (Fsp3) is 0.500. The number of hydrogen-bond donors (Lipinski definition) is 2. The van der Waals surface area contributed by atoms with Crippen molar-refractivity contribution in [2.45, 2.75) is 37.4 Å². The minimum absolute atomic E-state index is 0.0606. The van der Waals surface area contributed by atoms with Crippen LogP contribution in [0.25, 0.3) is 0 Å². The Morgan fingerprint density at radius 3 is 2.58 bits per heavy atom. The van der Waals surface area contributed by atoms with Gasteiger partial charge in [0.25, 0.3) is 0 Å². The molecule has 1 fully saturated rings. The summed E-state index contributed by atoms with van der Waals surface area (Å²) in [6.07, 6.45) is 4.18. The van der Waals surface area contributed by atoms with Gasteiger partial charge in [0.1, 0.15) is 5.82 Å². The number of aromatic nitrogens is 1. The SMILES string of the molecule is O=C(O)c1cccc(NS(=O)(=O)C2CCCCC2)n1. The number of pyridine rings is 1. The van der Waals surface area contributed by atoms with Crippen LogP contribution in [0.5, 0.6) is 0 Å². The first-order chi connectivity index (χ1) is 8.99. The summed E-state index contributed by atoms with van der Waals surface area (Å²) in [5.41, 5.74) is -0.177. The molecule has 1 aromatic heterocycles. The van der Waals surface area contributed by atoms with Gasteiger partial charge in [-0.05, 0) is 25.0 Å². The van der Waals surface area contributed by atoms with Gasteiger partial charge in [-0.1, -0.05) is 25.3 Å². The maximum atomic E-state index is 12.1. The molecular formula is C12H16N2O4S. The van der Waals surface area contributed by atoms with E-state index < -0.39 is 21.2 Å². The van der Waals surface area contributed by atoms with Crippen molar-refractivity contribution in [2.75, 3.05) is 4.72 Å². The number of aromatic carboxylic acids is 1. The molecule has 6 nitrogen and oxygen atoms in total. The highest BCUT2D eigenvalue weighted by molar-refractivity contribution is 7.93. The van der Waals surface area contributed by atoms with E-state index in [0.717, 1.165) is 19.3 Å². The van der Waals surface area contributed by atoms with Crippen LogP contribution in [0.1, 0.15) is 42.6 Å². The van der Waals surface area contributed by atoms with Gasteiger partial charge in [0.15, 0.2) is 5.69 Å². The number of carboxylic acids is 1. The van der Waals surface area contributed by atoms with Gasteiger partial charge < -0.3 is 5.11 Å². The van der Waals surface area contributed by atoms with E-state index in [-0.39, 0.29) is 11.5 Å². The third-order valence-corrected chi connectivity index (χ3v) is 5.05. The fourth-order valence-electron chi connectivity index (χ4n) is 2.22. The van der Waals surface area contributed by atoms with Crippen molar-refractivity contribution in [3.8, 4) is 0 Å². The van der Waals surface area contributed by atoms with E-state index in [1.165, 1.54) is 18.2 Å². The van der Waals surface area contributed by atoms with Crippen LogP contribution in [0, 0.1) is 0 Å². The summed E-state index contributed by atoms with van der Waals surface area (Å²) < 4.78 is 26.7. The molecule has 0 atom stereocenters. The van der Waals surface area contributed by atoms with Gasteiger partial charge in [0.05, 0.1) is 5.25 Å². The van der Waals surface area contributed by atoms with Crippen LogP contribution in [0.15, 0.2) is 18.2 Å². The van der Waals surface area contributed by atoms with Crippen LogP contribution in [-0.4, -0.2) is 29.7 Å². The van der Waals surface area contributed by atoms with Gasteiger partial charge in [-0.3, -0.25) is 4.72 Å². The summed E-state index contributed by atoms with van der Waals surface area (Å²) in [4.78, 5) is 14.5. The molecule has 0 saturated heterocycles. The molecular weight excluding hydrogens is 268 g/mol. The lowest BCUT2D eigenvalue weighted by Gasteiger charge is -2.22. The summed E-state index contributed by atoms with van der Waals surface area (Å²) in [6.45, 7) is 0. The van der Waals surface area contributed by atoms with Crippen molar-refractivity contribution in [2.24, 2.45) is 0 Å². The number of carbonyl (C=O) groups is 1. The third kappa shape index (κ3) is 3.44. The Bertz CT molecular complexity index is 565. The maximum absolute atomic E-state index is 12.1. The van der Waals surface area contributed by atoms with Gasteiger partial charge in [0.2, 0.25) is 10.0 Å². The van der Waals surface area contributed by atoms with Crippen LogP contribution in [0.4, 0.5) is 5.82 Å². The first-order valence-electron chi connectivity index (χ1n) is 6.21. The number of sulfonamides is 1. The standard InChI is InChI=1S/C12H16N2O4S/c15-12(16)10-7-4-8-11(13-10)14-19(17,18)9-5-2-1-3-6-9/h4,7-9H,1-3,5-6H2,(H,13,14)(H,15,16). The second-order valence-electron chi connectivity index (χ2n) is 4.62. The molecule has 0 aliphatic heterocycles. The summed E-state index contributed by atoms with van der Waals surface area (Å²) in [5.74, 6) is -1.12. The van der Waals surface area contributed by atoms with Gasteiger partial charge in [-0.2, -0.15) is 0 Å².